The minimum atomic E-state index is 0. The minimum Gasteiger partial charge on any atom is -1.00 e. The SMILES string of the molecule is [I-].c1ccc(-c2cc[n+]3c(n2)[nH]c2ccccc23)cc1. The molecule has 0 spiro atoms. The molecular weight excluding hydrogens is 361 g/mol. The number of H-pyrrole nitrogens is 1. The number of nitrogens with zero attached hydrogens (tertiary/aromatic N) is 2. The first-order valence-electron chi connectivity index (χ1n) is 6.26. The molecular formula is C16H12IN3. The van der Waals surface area contributed by atoms with Crippen molar-refractivity contribution in [2.45, 2.75) is 0 Å². The molecule has 0 unspecified atom stereocenters. The number of aromatic amines is 1. The Bertz CT molecular complexity index is 869. The van der Waals surface area contributed by atoms with Gasteiger partial charge in [0.25, 0.3) is 0 Å². The van der Waals surface area contributed by atoms with Crippen LogP contribution >= 0.6 is 0 Å². The highest BCUT2D eigenvalue weighted by Crippen LogP contribution is 2.16. The van der Waals surface area contributed by atoms with Crippen molar-refractivity contribution in [2.75, 3.05) is 0 Å². The zero-order valence-electron chi connectivity index (χ0n) is 10.6. The number of aromatic nitrogens is 3. The Labute approximate surface area is 133 Å². The van der Waals surface area contributed by atoms with Crippen LogP contribution in [-0.2, 0) is 0 Å². The van der Waals surface area contributed by atoms with Gasteiger partial charge in [0.15, 0.2) is 5.69 Å². The summed E-state index contributed by atoms with van der Waals surface area (Å²) in [4.78, 5) is 8.03. The Morgan fingerprint density at radius 2 is 1.60 bits per heavy atom. The van der Waals surface area contributed by atoms with Gasteiger partial charge < -0.3 is 24.0 Å². The van der Waals surface area contributed by atoms with E-state index >= 15 is 0 Å². The number of hydrogen-bond donors (Lipinski definition) is 1. The van der Waals surface area contributed by atoms with Gasteiger partial charge in [0.2, 0.25) is 0 Å². The predicted octanol–water partition coefficient (Wildman–Crippen LogP) is -0.0274. The summed E-state index contributed by atoms with van der Waals surface area (Å²) in [6.07, 6.45) is 2.06. The Morgan fingerprint density at radius 3 is 2.45 bits per heavy atom. The molecule has 2 heterocycles. The fourth-order valence-electron chi connectivity index (χ4n) is 2.38. The zero-order valence-corrected chi connectivity index (χ0v) is 12.8. The molecule has 1 N–H and O–H groups in total. The van der Waals surface area contributed by atoms with E-state index in [0.717, 1.165) is 28.1 Å². The van der Waals surface area contributed by atoms with Crippen LogP contribution in [0.3, 0.4) is 0 Å². The summed E-state index contributed by atoms with van der Waals surface area (Å²) >= 11 is 0. The summed E-state index contributed by atoms with van der Waals surface area (Å²) in [6.45, 7) is 0. The molecule has 4 heteroatoms. The van der Waals surface area contributed by atoms with Gasteiger partial charge >= 0.3 is 5.78 Å². The Kier molecular flexibility index (Phi) is 3.40. The lowest BCUT2D eigenvalue weighted by Crippen LogP contribution is -3.00. The molecule has 0 atom stereocenters. The van der Waals surface area contributed by atoms with E-state index in [1.165, 1.54) is 0 Å². The Morgan fingerprint density at radius 1 is 0.850 bits per heavy atom. The average Bonchev–Trinajstić information content (AvgIpc) is 2.86. The molecule has 0 fully saturated rings. The van der Waals surface area contributed by atoms with Crippen molar-refractivity contribution in [3.05, 3.63) is 66.9 Å². The minimum absolute atomic E-state index is 0. The van der Waals surface area contributed by atoms with E-state index in [-0.39, 0.29) is 24.0 Å². The van der Waals surface area contributed by atoms with Crippen LogP contribution < -0.4 is 28.4 Å². The van der Waals surface area contributed by atoms with E-state index in [9.17, 15) is 0 Å². The van der Waals surface area contributed by atoms with Gasteiger partial charge in [-0.2, -0.15) is 4.40 Å². The van der Waals surface area contributed by atoms with Crippen LogP contribution in [0.5, 0.6) is 0 Å². The van der Waals surface area contributed by atoms with E-state index in [4.69, 9.17) is 4.98 Å². The molecule has 4 aromatic rings. The van der Waals surface area contributed by atoms with Crippen LogP contribution in [0.2, 0.25) is 0 Å². The molecule has 0 amide bonds. The topological polar surface area (TPSA) is 32.8 Å². The highest BCUT2D eigenvalue weighted by atomic mass is 127. The lowest BCUT2D eigenvalue weighted by Gasteiger charge is -1.95. The van der Waals surface area contributed by atoms with Gasteiger partial charge in [0.1, 0.15) is 11.0 Å². The van der Waals surface area contributed by atoms with Crippen molar-refractivity contribution >= 4 is 16.8 Å². The molecule has 20 heavy (non-hydrogen) atoms. The maximum atomic E-state index is 4.69. The van der Waals surface area contributed by atoms with Crippen LogP contribution in [0.4, 0.5) is 0 Å². The number of nitrogens with one attached hydrogen (secondary N) is 1. The van der Waals surface area contributed by atoms with Crippen molar-refractivity contribution in [3.8, 4) is 11.3 Å². The van der Waals surface area contributed by atoms with E-state index in [1.807, 2.05) is 36.4 Å². The molecule has 98 valence electrons. The van der Waals surface area contributed by atoms with Crippen LogP contribution in [0.15, 0.2) is 66.9 Å². The van der Waals surface area contributed by atoms with Gasteiger partial charge in [-0.1, -0.05) is 47.4 Å². The van der Waals surface area contributed by atoms with E-state index in [0.29, 0.717) is 0 Å². The first-order chi connectivity index (χ1) is 9.42. The molecule has 0 radical (unpaired) electrons. The number of rotatable bonds is 1. The molecule has 0 bridgehead atoms. The number of imidazole rings is 1. The smallest absolute Gasteiger partial charge is 0.402 e. The predicted molar refractivity (Wildman–Crippen MR) is 74.7 cm³/mol. The monoisotopic (exact) mass is 373 g/mol. The first-order valence-corrected chi connectivity index (χ1v) is 6.26. The third kappa shape index (κ3) is 2.06. The van der Waals surface area contributed by atoms with Gasteiger partial charge in [0, 0.05) is 11.6 Å². The molecule has 0 aliphatic rings. The molecule has 0 aliphatic heterocycles. The fourth-order valence-corrected chi connectivity index (χ4v) is 2.38. The Balaban J connectivity index is 0.00000121. The Hall–Kier alpha value is -1.95. The van der Waals surface area contributed by atoms with Crippen molar-refractivity contribution in [3.63, 3.8) is 0 Å². The summed E-state index contributed by atoms with van der Waals surface area (Å²) in [5.41, 5.74) is 4.35. The summed E-state index contributed by atoms with van der Waals surface area (Å²) in [5, 5.41) is 0. The van der Waals surface area contributed by atoms with Crippen molar-refractivity contribution in [1.82, 2.24) is 9.97 Å². The third-order valence-corrected chi connectivity index (χ3v) is 3.32. The highest BCUT2D eigenvalue weighted by Gasteiger charge is 2.13. The first kappa shape index (κ1) is 13.1. The standard InChI is InChI=1S/C16H11N3.HI/c1-2-6-12(7-3-1)13-10-11-19-15-9-5-4-8-14(15)18-16(19)17-13;/h1-11H;1H. The number of halogens is 1. The number of fused-ring (bicyclic) bond motifs is 3. The van der Waals surface area contributed by atoms with Gasteiger partial charge in [-0.25, -0.2) is 4.98 Å². The number of para-hydroxylation sites is 2. The third-order valence-electron chi connectivity index (χ3n) is 3.32. The van der Waals surface area contributed by atoms with Crippen molar-refractivity contribution in [2.24, 2.45) is 0 Å². The number of benzene rings is 2. The zero-order chi connectivity index (χ0) is 12.7. The molecule has 0 saturated carbocycles. The number of hydrogen-bond acceptors (Lipinski definition) is 1. The van der Waals surface area contributed by atoms with Gasteiger partial charge in [-0.05, 0) is 12.1 Å². The lowest BCUT2D eigenvalue weighted by atomic mass is 10.1. The van der Waals surface area contributed by atoms with Gasteiger partial charge in [-0.15, -0.1) is 0 Å². The second-order valence-electron chi connectivity index (χ2n) is 4.51. The van der Waals surface area contributed by atoms with Crippen LogP contribution in [0, 0.1) is 0 Å². The fraction of sp³-hybridized carbons (Fsp3) is 0. The molecule has 4 rings (SSSR count). The summed E-state index contributed by atoms with van der Waals surface area (Å²) < 4.78 is 2.07. The van der Waals surface area contributed by atoms with E-state index in [2.05, 4.69) is 39.8 Å². The summed E-state index contributed by atoms with van der Waals surface area (Å²) in [7, 11) is 0. The van der Waals surface area contributed by atoms with Crippen LogP contribution in [0.1, 0.15) is 0 Å². The largest absolute Gasteiger partial charge is 1.00 e. The maximum Gasteiger partial charge on any atom is 0.402 e. The van der Waals surface area contributed by atoms with Gasteiger partial charge in [0.05, 0.1) is 6.20 Å². The van der Waals surface area contributed by atoms with Crippen LogP contribution in [0.25, 0.3) is 28.1 Å². The van der Waals surface area contributed by atoms with Crippen molar-refractivity contribution in [1.29, 1.82) is 0 Å². The molecule has 0 saturated heterocycles. The second-order valence-corrected chi connectivity index (χ2v) is 4.51. The molecule has 3 nitrogen and oxygen atoms in total. The quantitative estimate of drug-likeness (QED) is 0.369. The summed E-state index contributed by atoms with van der Waals surface area (Å²) in [5.74, 6) is 0.863. The normalized spacial score (nSPS) is 10.6. The summed E-state index contributed by atoms with van der Waals surface area (Å²) in [6, 6.07) is 20.5. The van der Waals surface area contributed by atoms with E-state index in [1.54, 1.807) is 0 Å². The van der Waals surface area contributed by atoms with Gasteiger partial charge in [-0.3, -0.25) is 0 Å². The maximum absolute atomic E-state index is 4.69. The molecule has 2 aromatic heterocycles. The molecule has 2 aromatic carbocycles. The van der Waals surface area contributed by atoms with Crippen LogP contribution in [-0.4, -0.2) is 9.97 Å². The highest BCUT2D eigenvalue weighted by molar-refractivity contribution is 5.73. The average molecular weight is 373 g/mol. The molecule has 0 aliphatic carbocycles. The second kappa shape index (κ2) is 5.20. The lowest BCUT2D eigenvalue weighted by molar-refractivity contribution is -0.483. The van der Waals surface area contributed by atoms with Crippen molar-refractivity contribution < 1.29 is 28.4 Å². The van der Waals surface area contributed by atoms with E-state index < -0.39 is 0 Å².